The van der Waals surface area contributed by atoms with Crippen molar-refractivity contribution in [2.24, 2.45) is 0 Å². The molecule has 3 heterocycles. The summed E-state index contributed by atoms with van der Waals surface area (Å²) in [4.78, 5) is 12.8. The molecule has 0 aliphatic heterocycles. The van der Waals surface area contributed by atoms with E-state index in [-0.39, 0.29) is 18.3 Å². The lowest BCUT2D eigenvalue weighted by atomic mass is 10.2. The molecule has 1 aromatic carbocycles. The van der Waals surface area contributed by atoms with Gasteiger partial charge in [-0.3, -0.25) is 4.79 Å². The molecule has 0 saturated heterocycles. The first-order valence-electron chi connectivity index (χ1n) is 8.80. The number of halogens is 1. The van der Waals surface area contributed by atoms with Gasteiger partial charge in [0.05, 0.1) is 6.54 Å². The van der Waals surface area contributed by atoms with Crippen LogP contribution in [0.15, 0.2) is 60.0 Å². The van der Waals surface area contributed by atoms with Crippen LogP contribution in [0.5, 0.6) is 5.88 Å². The first-order valence-corrected chi connectivity index (χ1v) is 9.68. The van der Waals surface area contributed by atoms with Crippen LogP contribution in [0.2, 0.25) is 0 Å². The molecule has 29 heavy (non-hydrogen) atoms. The summed E-state index contributed by atoms with van der Waals surface area (Å²) in [5.41, 5.74) is 1.23. The molecule has 0 aliphatic rings. The molecule has 4 aromatic rings. The highest BCUT2D eigenvalue weighted by molar-refractivity contribution is 7.10. The minimum Gasteiger partial charge on any atom is -0.475 e. The van der Waals surface area contributed by atoms with Gasteiger partial charge in [-0.2, -0.15) is 4.52 Å². The smallest absolute Gasteiger partial charge is 0.244 e. The normalized spacial score (nSPS) is 11.2. The van der Waals surface area contributed by atoms with Crippen molar-refractivity contribution in [3.63, 3.8) is 0 Å². The number of aromatic nitrogens is 4. The van der Waals surface area contributed by atoms with E-state index in [9.17, 15) is 9.18 Å². The number of hydrogen-bond donors (Lipinski definition) is 1. The molecule has 0 saturated carbocycles. The van der Waals surface area contributed by atoms with Crippen molar-refractivity contribution in [1.82, 2.24) is 25.1 Å². The second-order valence-corrected chi connectivity index (χ2v) is 6.94. The van der Waals surface area contributed by atoms with Crippen LogP contribution in [0.3, 0.4) is 0 Å². The number of hydrogen-bond acceptors (Lipinski definition) is 6. The Hall–Kier alpha value is -3.59. The maximum atomic E-state index is 13.1. The number of carbonyl (C=O) groups is 1. The second-order valence-electron chi connectivity index (χ2n) is 5.96. The number of carbonyl (C=O) groups excluding carboxylic acids is 1. The van der Waals surface area contributed by atoms with Gasteiger partial charge in [0.1, 0.15) is 12.4 Å². The van der Waals surface area contributed by atoms with Crippen molar-refractivity contribution in [1.29, 1.82) is 0 Å². The number of nitrogens with one attached hydrogen (secondary N) is 1. The molecule has 1 amide bonds. The van der Waals surface area contributed by atoms with Crippen LogP contribution in [0.25, 0.3) is 23.1 Å². The van der Waals surface area contributed by atoms with Crippen LogP contribution in [-0.2, 0) is 4.79 Å². The predicted octanol–water partition coefficient (Wildman–Crippen LogP) is 3.20. The first kappa shape index (κ1) is 18.8. The molecule has 0 atom stereocenters. The predicted molar refractivity (Wildman–Crippen MR) is 108 cm³/mol. The molecule has 1 N–H and O–H groups in total. The van der Waals surface area contributed by atoms with Gasteiger partial charge in [-0.15, -0.1) is 26.6 Å². The van der Waals surface area contributed by atoms with E-state index in [0.717, 1.165) is 4.88 Å². The number of ether oxygens (including phenoxy) is 1. The standard InChI is InChI=1S/C20H16FN5O2S/c21-15-5-3-14(4-6-15)20-24-23-17-8-10-19(25-26(17)20)28-12-11-22-18(27)9-7-16-2-1-13-29-16/h1-10,13H,11-12H2,(H,22,27)/b9-7+. The lowest BCUT2D eigenvalue weighted by Gasteiger charge is -2.06. The second kappa shape index (κ2) is 8.61. The number of nitrogens with zero attached hydrogens (tertiary/aromatic N) is 4. The zero-order valence-electron chi connectivity index (χ0n) is 15.2. The molecule has 146 valence electrons. The van der Waals surface area contributed by atoms with Gasteiger partial charge in [-0.1, -0.05) is 6.07 Å². The van der Waals surface area contributed by atoms with Gasteiger partial charge in [0.2, 0.25) is 11.8 Å². The molecule has 0 radical (unpaired) electrons. The monoisotopic (exact) mass is 409 g/mol. The minimum atomic E-state index is -0.327. The Morgan fingerprint density at radius 2 is 2.03 bits per heavy atom. The molecule has 0 bridgehead atoms. The van der Waals surface area contributed by atoms with E-state index in [4.69, 9.17) is 4.74 Å². The van der Waals surface area contributed by atoms with Gasteiger partial charge in [0.25, 0.3) is 0 Å². The fourth-order valence-electron chi connectivity index (χ4n) is 2.56. The molecule has 0 aliphatic carbocycles. The third-order valence-corrected chi connectivity index (χ3v) is 4.77. The SMILES string of the molecule is O=C(/C=C/c1cccs1)NCCOc1ccc2nnc(-c3ccc(F)cc3)n2n1. The van der Waals surface area contributed by atoms with Gasteiger partial charge in [-0.05, 0) is 47.9 Å². The molecular weight excluding hydrogens is 393 g/mol. The van der Waals surface area contributed by atoms with Crippen molar-refractivity contribution < 1.29 is 13.9 Å². The van der Waals surface area contributed by atoms with Gasteiger partial charge in [0.15, 0.2) is 11.5 Å². The van der Waals surface area contributed by atoms with Gasteiger partial charge in [-0.25, -0.2) is 4.39 Å². The van der Waals surface area contributed by atoms with Crippen molar-refractivity contribution in [3.05, 3.63) is 70.7 Å². The van der Waals surface area contributed by atoms with Crippen LogP contribution in [0.4, 0.5) is 4.39 Å². The first-order chi connectivity index (χ1) is 14.2. The highest BCUT2D eigenvalue weighted by Gasteiger charge is 2.10. The minimum absolute atomic E-state index is 0.192. The quantitative estimate of drug-likeness (QED) is 0.374. The van der Waals surface area contributed by atoms with E-state index in [1.54, 1.807) is 41.7 Å². The van der Waals surface area contributed by atoms with Gasteiger partial charge in [0, 0.05) is 22.6 Å². The van der Waals surface area contributed by atoms with E-state index in [1.165, 1.54) is 22.7 Å². The zero-order chi connectivity index (χ0) is 20.1. The van der Waals surface area contributed by atoms with Crippen LogP contribution in [0.1, 0.15) is 4.88 Å². The lowest BCUT2D eigenvalue weighted by Crippen LogP contribution is -2.26. The summed E-state index contributed by atoms with van der Waals surface area (Å²) >= 11 is 1.56. The highest BCUT2D eigenvalue weighted by atomic mass is 32.1. The largest absolute Gasteiger partial charge is 0.475 e. The summed E-state index contributed by atoms with van der Waals surface area (Å²) < 4.78 is 20.3. The number of rotatable bonds is 7. The summed E-state index contributed by atoms with van der Waals surface area (Å²) in [5, 5.41) is 17.2. The molecule has 0 unspecified atom stereocenters. The Morgan fingerprint density at radius 1 is 1.17 bits per heavy atom. The summed E-state index contributed by atoms with van der Waals surface area (Å²) in [7, 11) is 0. The highest BCUT2D eigenvalue weighted by Crippen LogP contribution is 2.19. The molecule has 7 nitrogen and oxygen atoms in total. The van der Waals surface area contributed by atoms with Crippen LogP contribution >= 0.6 is 11.3 Å². The van der Waals surface area contributed by atoms with Crippen molar-refractivity contribution >= 4 is 29.0 Å². The average molecular weight is 409 g/mol. The molecule has 0 fully saturated rings. The summed E-state index contributed by atoms with van der Waals surface area (Å²) in [6.45, 7) is 0.589. The number of benzene rings is 1. The molecule has 3 aromatic heterocycles. The van der Waals surface area contributed by atoms with Crippen LogP contribution < -0.4 is 10.1 Å². The molecule has 9 heteroatoms. The van der Waals surface area contributed by atoms with E-state index in [1.807, 2.05) is 17.5 Å². The van der Waals surface area contributed by atoms with Crippen LogP contribution in [0, 0.1) is 5.82 Å². The van der Waals surface area contributed by atoms with Crippen molar-refractivity contribution in [3.8, 4) is 17.3 Å². The lowest BCUT2D eigenvalue weighted by molar-refractivity contribution is -0.116. The Morgan fingerprint density at radius 3 is 2.83 bits per heavy atom. The molecule has 0 spiro atoms. The number of amides is 1. The van der Waals surface area contributed by atoms with Gasteiger partial charge >= 0.3 is 0 Å². The Kier molecular flexibility index (Phi) is 5.57. The zero-order valence-corrected chi connectivity index (χ0v) is 16.0. The molecule has 4 rings (SSSR count). The van der Waals surface area contributed by atoms with Crippen molar-refractivity contribution in [2.45, 2.75) is 0 Å². The molecular formula is C20H16FN5O2S. The average Bonchev–Trinajstić information content (AvgIpc) is 3.40. The third kappa shape index (κ3) is 4.64. The fourth-order valence-corrected chi connectivity index (χ4v) is 3.18. The Bertz CT molecular complexity index is 1140. The summed E-state index contributed by atoms with van der Waals surface area (Å²) in [6.07, 6.45) is 3.25. The van der Waals surface area contributed by atoms with E-state index in [0.29, 0.717) is 29.5 Å². The van der Waals surface area contributed by atoms with E-state index < -0.39 is 0 Å². The summed E-state index contributed by atoms with van der Waals surface area (Å²) in [5.74, 6) is 0.330. The van der Waals surface area contributed by atoms with E-state index >= 15 is 0 Å². The topological polar surface area (TPSA) is 81.4 Å². The van der Waals surface area contributed by atoms with Gasteiger partial charge < -0.3 is 10.1 Å². The Labute approximate surface area is 169 Å². The van der Waals surface area contributed by atoms with Crippen molar-refractivity contribution in [2.75, 3.05) is 13.2 Å². The van der Waals surface area contributed by atoms with Crippen LogP contribution in [-0.4, -0.2) is 38.9 Å². The summed E-state index contributed by atoms with van der Waals surface area (Å²) in [6, 6.07) is 13.2. The maximum absolute atomic E-state index is 13.1. The maximum Gasteiger partial charge on any atom is 0.244 e. The van der Waals surface area contributed by atoms with E-state index in [2.05, 4.69) is 20.6 Å². The number of thiophene rings is 1. The third-order valence-electron chi connectivity index (χ3n) is 3.93. The fraction of sp³-hybridized carbons (Fsp3) is 0.100. The Balaban J connectivity index is 1.35. The number of fused-ring (bicyclic) bond motifs is 1.